The van der Waals surface area contributed by atoms with Gasteiger partial charge in [0.05, 0.1) is 17.8 Å². The summed E-state index contributed by atoms with van der Waals surface area (Å²) < 4.78 is 13.3. The average Bonchev–Trinajstić information content (AvgIpc) is 2.48. The number of nitrogens with two attached hydrogens (primary N) is 1. The zero-order chi connectivity index (χ0) is 13.9. The Hall–Kier alpha value is -2.37. The van der Waals surface area contributed by atoms with Crippen LogP contribution in [-0.2, 0) is 0 Å². The zero-order valence-electron chi connectivity index (χ0n) is 10.6. The maximum atomic E-state index is 13.3. The second-order valence-electron chi connectivity index (χ2n) is 4.46. The maximum Gasteiger partial charge on any atom is 0.141 e. The van der Waals surface area contributed by atoms with E-state index in [0.29, 0.717) is 5.56 Å². The number of nitrogens with zero attached hydrogens (tertiary/aromatic N) is 2. The molecule has 100 valence electrons. The van der Waals surface area contributed by atoms with Crippen LogP contribution in [0.5, 0.6) is 0 Å². The normalized spacial score (nSPS) is 12.5. The van der Waals surface area contributed by atoms with Crippen molar-refractivity contribution >= 4 is 10.9 Å². The number of para-hydroxylation sites is 1. The van der Waals surface area contributed by atoms with Gasteiger partial charge in [-0.05, 0) is 17.7 Å². The van der Waals surface area contributed by atoms with E-state index in [1.165, 1.54) is 12.3 Å². The number of fused-ring (bicyclic) bond motifs is 1. The standard InChI is InChI=1S/C15H13FN4/c16-12-7-11(8-18-9-12)15(20-17)13-5-1-3-10-4-2-6-19-14(10)13/h1-9,15,20H,17H2. The SMILES string of the molecule is NNC(c1cncc(F)c1)c1cccc2cccnc12. The molecule has 1 unspecified atom stereocenters. The Labute approximate surface area is 115 Å². The number of halogens is 1. The molecule has 0 saturated carbocycles. The van der Waals surface area contributed by atoms with Gasteiger partial charge in [0.1, 0.15) is 5.82 Å². The molecular formula is C15H13FN4. The molecule has 20 heavy (non-hydrogen) atoms. The lowest BCUT2D eigenvalue weighted by atomic mass is 9.98. The molecule has 0 aliphatic heterocycles. The molecule has 0 amide bonds. The van der Waals surface area contributed by atoms with E-state index in [1.54, 1.807) is 12.4 Å². The number of hydrazine groups is 1. The summed E-state index contributed by atoms with van der Waals surface area (Å²) in [6.07, 6.45) is 4.48. The fourth-order valence-corrected chi connectivity index (χ4v) is 2.31. The fourth-order valence-electron chi connectivity index (χ4n) is 2.31. The van der Waals surface area contributed by atoms with Crippen molar-refractivity contribution in [3.63, 3.8) is 0 Å². The van der Waals surface area contributed by atoms with Crippen molar-refractivity contribution in [1.29, 1.82) is 0 Å². The number of aromatic nitrogens is 2. The lowest BCUT2D eigenvalue weighted by Gasteiger charge is -2.18. The van der Waals surface area contributed by atoms with Gasteiger partial charge in [0.15, 0.2) is 0 Å². The molecule has 0 aliphatic rings. The quantitative estimate of drug-likeness (QED) is 0.565. The molecule has 1 aromatic carbocycles. The van der Waals surface area contributed by atoms with Gasteiger partial charge in [0, 0.05) is 23.3 Å². The van der Waals surface area contributed by atoms with Gasteiger partial charge in [0.2, 0.25) is 0 Å². The number of nitrogens with one attached hydrogen (secondary N) is 1. The number of hydrogen-bond acceptors (Lipinski definition) is 4. The van der Waals surface area contributed by atoms with Crippen molar-refractivity contribution < 1.29 is 4.39 Å². The Kier molecular flexibility index (Phi) is 3.37. The molecule has 0 saturated heterocycles. The summed E-state index contributed by atoms with van der Waals surface area (Å²) >= 11 is 0. The van der Waals surface area contributed by atoms with Gasteiger partial charge in [-0.15, -0.1) is 0 Å². The number of hydrogen-bond donors (Lipinski definition) is 2. The molecule has 3 rings (SSSR count). The fraction of sp³-hybridized carbons (Fsp3) is 0.0667. The first-order chi connectivity index (χ1) is 9.79. The van der Waals surface area contributed by atoms with E-state index in [-0.39, 0.29) is 6.04 Å². The van der Waals surface area contributed by atoms with Gasteiger partial charge >= 0.3 is 0 Å². The lowest BCUT2D eigenvalue weighted by molar-refractivity contribution is 0.599. The Bertz CT molecular complexity index is 739. The highest BCUT2D eigenvalue weighted by atomic mass is 19.1. The first-order valence-corrected chi connectivity index (χ1v) is 6.20. The second-order valence-corrected chi connectivity index (χ2v) is 4.46. The third-order valence-electron chi connectivity index (χ3n) is 3.20. The van der Waals surface area contributed by atoms with Crippen molar-refractivity contribution in [3.05, 3.63) is 71.9 Å². The molecule has 0 spiro atoms. The smallest absolute Gasteiger partial charge is 0.141 e. The van der Waals surface area contributed by atoms with Crippen molar-refractivity contribution in [2.75, 3.05) is 0 Å². The highest BCUT2D eigenvalue weighted by Gasteiger charge is 2.16. The second kappa shape index (κ2) is 5.32. The van der Waals surface area contributed by atoms with E-state index in [2.05, 4.69) is 15.4 Å². The first kappa shape index (κ1) is 12.7. The van der Waals surface area contributed by atoms with Crippen LogP contribution in [0.3, 0.4) is 0 Å². The molecule has 5 heteroatoms. The minimum Gasteiger partial charge on any atom is -0.271 e. The summed E-state index contributed by atoms with van der Waals surface area (Å²) in [5.41, 5.74) is 5.09. The Balaban J connectivity index is 2.17. The average molecular weight is 268 g/mol. The molecule has 0 bridgehead atoms. The Morgan fingerprint density at radius 3 is 2.80 bits per heavy atom. The largest absolute Gasteiger partial charge is 0.271 e. The predicted molar refractivity (Wildman–Crippen MR) is 75.1 cm³/mol. The third-order valence-corrected chi connectivity index (χ3v) is 3.20. The van der Waals surface area contributed by atoms with Gasteiger partial charge in [-0.1, -0.05) is 24.3 Å². The molecule has 3 N–H and O–H groups in total. The van der Waals surface area contributed by atoms with Crippen LogP contribution in [0.1, 0.15) is 17.2 Å². The van der Waals surface area contributed by atoms with Gasteiger partial charge in [-0.3, -0.25) is 15.8 Å². The van der Waals surface area contributed by atoms with Crippen molar-refractivity contribution in [2.45, 2.75) is 6.04 Å². The van der Waals surface area contributed by atoms with Crippen LogP contribution in [0.15, 0.2) is 55.0 Å². The zero-order valence-corrected chi connectivity index (χ0v) is 10.6. The maximum absolute atomic E-state index is 13.3. The Morgan fingerprint density at radius 2 is 2.00 bits per heavy atom. The first-order valence-electron chi connectivity index (χ1n) is 6.20. The van der Waals surface area contributed by atoms with Gasteiger partial charge in [0.25, 0.3) is 0 Å². The van der Waals surface area contributed by atoms with Crippen molar-refractivity contribution in [1.82, 2.24) is 15.4 Å². The van der Waals surface area contributed by atoms with E-state index < -0.39 is 5.82 Å². The van der Waals surface area contributed by atoms with Crippen LogP contribution in [-0.4, -0.2) is 9.97 Å². The molecule has 0 radical (unpaired) electrons. The highest BCUT2D eigenvalue weighted by Crippen LogP contribution is 2.26. The summed E-state index contributed by atoms with van der Waals surface area (Å²) in [4.78, 5) is 8.26. The molecule has 2 heterocycles. The number of benzene rings is 1. The van der Waals surface area contributed by atoms with E-state index in [9.17, 15) is 4.39 Å². The van der Waals surface area contributed by atoms with Crippen LogP contribution in [0.25, 0.3) is 10.9 Å². The minimum absolute atomic E-state index is 0.364. The van der Waals surface area contributed by atoms with Crippen LogP contribution in [0, 0.1) is 5.82 Å². The van der Waals surface area contributed by atoms with E-state index >= 15 is 0 Å². The van der Waals surface area contributed by atoms with Gasteiger partial charge < -0.3 is 0 Å². The molecular weight excluding hydrogens is 255 g/mol. The minimum atomic E-state index is -0.393. The van der Waals surface area contributed by atoms with Crippen LogP contribution < -0.4 is 11.3 Å². The molecule has 4 nitrogen and oxygen atoms in total. The van der Waals surface area contributed by atoms with Gasteiger partial charge in [-0.2, -0.15) is 0 Å². The van der Waals surface area contributed by atoms with E-state index in [4.69, 9.17) is 5.84 Å². The van der Waals surface area contributed by atoms with Crippen LogP contribution >= 0.6 is 0 Å². The monoisotopic (exact) mass is 268 g/mol. The molecule has 3 aromatic rings. The van der Waals surface area contributed by atoms with Crippen molar-refractivity contribution in [3.8, 4) is 0 Å². The molecule has 0 fully saturated rings. The van der Waals surface area contributed by atoms with Crippen LogP contribution in [0.4, 0.5) is 4.39 Å². The molecule has 2 aromatic heterocycles. The summed E-state index contributed by atoms with van der Waals surface area (Å²) in [5, 5.41) is 1.01. The number of pyridine rings is 2. The van der Waals surface area contributed by atoms with Crippen molar-refractivity contribution in [2.24, 2.45) is 5.84 Å². The molecule has 1 atom stereocenters. The molecule has 0 aliphatic carbocycles. The van der Waals surface area contributed by atoms with E-state index in [1.807, 2.05) is 30.3 Å². The third kappa shape index (κ3) is 2.24. The lowest BCUT2D eigenvalue weighted by Crippen LogP contribution is -2.29. The summed E-state index contributed by atoms with van der Waals surface area (Å²) in [6.45, 7) is 0. The summed E-state index contributed by atoms with van der Waals surface area (Å²) in [6, 6.07) is 10.7. The summed E-state index contributed by atoms with van der Waals surface area (Å²) in [5.74, 6) is 5.26. The topological polar surface area (TPSA) is 63.8 Å². The van der Waals surface area contributed by atoms with Gasteiger partial charge in [-0.25, -0.2) is 9.82 Å². The summed E-state index contributed by atoms with van der Waals surface area (Å²) in [7, 11) is 0. The predicted octanol–water partition coefficient (Wildman–Crippen LogP) is 2.32. The Morgan fingerprint density at radius 1 is 1.15 bits per heavy atom. The van der Waals surface area contributed by atoms with Crippen LogP contribution in [0.2, 0.25) is 0 Å². The number of rotatable bonds is 3. The highest BCUT2D eigenvalue weighted by molar-refractivity contribution is 5.82. The van der Waals surface area contributed by atoms with E-state index in [0.717, 1.165) is 16.5 Å².